The van der Waals surface area contributed by atoms with Crippen molar-refractivity contribution in [3.05, 3.63) is 101 Å². The molecule has 2 unspecified atom stereocenters. The number of carbonyl (C=O) groups is 1. The molecule has 0 radical (unpaired) electrons. The standard InChI is InChI=1S/C32H34ClN5O2S/c1-19-17-22(20(2)37(19)26-13-8-7-11-23(26)33)29-28(25-12-9-10-16-34-25)36-31(41)38(29)21-14-15-24(27(18-21)40-6)35-30(39)32(3,4)5/h7-18,28-29H,1-6H3,(H,35,39)(H,36,41). The van der Waals surface area contributed by atoms with E-state index in [1.807, 2.05) is 81.4 Å². The highest BCUT2D eigenvalue weighted by atomic mass is 35.5. The van der Waals surface area contributed by atoms with Gasteiger partial charge in [-0.15, -0.1) is 0 Å². The van der Waals surface area contributed by atoms with Gasteiger partial charge in [-0.2, -0.15) is 0 Å². The number of hydrogen-bond donors (Lipinski definition) is 2. The Morgan fingerprint density at radius 2 is 1.80 bits per heavy atom. The molecule has 3 heterocycles. The minimum atomic E-state index is -0.546. The number of anilines is 2. The third-order valence-corrected chi connectivity index (χ3v) is 8.01. The fourth-order valence-corrected chi connectivity index (χ4v) is 5.85. The number of aromatic nitrogens is 2. The maximum Gasteiger partial charge on any atom is 0.229 e. The summed E-state index contributed by atoms with van der Waals surface area (Å²) in [6.45, 7) is 9.81. The van der Waals surface area contributed by atoms with E-state index in [1.54, 1.807) is 13.3 Å². The summed E-state index contributed by atoms with van der Waals surface area (Å²) in [7, 11) is 1.60. The van der Waals surface area contributed by atoms with Gasteiger partial charge in [-0.1, -0.05) is 50.6 Å². The lowest BCUT2D eigenvalue weighted by atomic mass is 9.95. The Morgan fingerprint density at radius 1 is 1.07 bits per heavy atom. The number of hydrogen-bond acceptors (Lipinski definition) is 4. The number of aryl methyl sites for hydroxylation is 1. The van der Waals surface area contributed by atoms with Gasteiger partial charge < -0.3 is 24.8 Å². The number of halogens is 1. The van der Waals surface area contributed by atoms with Gasteiger partial charge in [-0.3, -0.25) is 9.78 Å². The molecule has 2 atom stereocenters. The molecule has 9 heteroatoms. The third kappa shape index (κ3) is 5.42. The molecule has 212 valence electrons. The number of nitrogens with zero attached hydrogens (tertiary/aromatic N) is 3. The first-order chi connectivity index (χ1) is 19.5. The summed E-state index contributed by atoms with van der Waals surface area (Å²) in [6, 6.07) is 21.2. The maximum absolute atomic E-state index is 12.7. The number of rotatable bonds is 6. The molecule has 7 nitrogen and oxygen atoms in total. The monoisotopic (exact) mass is 587 g/mol. The van der Waals surface area contributed by atoms with Crippen molar-refractivity contribution in [2.75, 3.05) is 17.3 Å². The van der Waals surface area contributed by atoms with E-state index >= 15 is 0 Å². The van der Waals surface area contributed by atoms with Gasteiger partial charge >= 0.3 is 0 Å². The van der Waals surface area contributed by atoms with Crippen molar-refractivity contribution in [3.63, 3.8) is 0 Å². The van der Waals surface area contributed by atoms with Crippen LogP contribution in [0.25, 0.3) is 5.69 Å². The summed E-state index contributed by atoms with van der Waals surface area (Å²) < 4.78 is 7.91. The second-order valence-corrected chi connectivity index (χ2v) is 12.0. The average molecular weight is 588 g/mol. The molecule has 0 spiro atoms. The average Bonchev–Trinajstić information content (AvgIpc) is 3.44. The lowest BCUT2D eigenvalue weighted by Crippen LogP contribution is -2.30. The van der Waals surface area contributed by atoms with Gasteiger partial charge in [0.15, 0.2) is 5.11 Å². The van der Waals surface area contributed by atoms with Crippen LogP contribution < -0.4 is 20.3 Å². The molecule has 4 aromatic rings. The van der Waals surface area contributed by atoms with E-state index in [0.717, 1.165) is 34.0 Å². The van der Waals surface area contributed by atoms with Crippen LogP contribution in [0.1, 0.15) is 55.5 Å². The molecule has 0 saturated carbocycles. The van der Waals surface area contributed by atoms with E-state index < -0.39 is 5.41 Å². The van der Waals surface area contributed by atoms with Crippen LogP contribution in [0.3, 0.4) is 0 Å². The van der Waals surface area contributed by atoms with Gasteiger partial charge in [-0.25, -0.2) is 0 Å². The Bertz CT molecular complexity index is 1610. The molecule has 1 aliphatic rings. The Hall–Kier alpha value is -3.88. The van der Waals surface area contributed by atoms with E-state index in [4.69, 9.17) is 28.6 Å². The highest BCUT2D eigenvalue weighted by Gasteiger charge is 2.42. The summed E-state index contributed by atoms with van der Waals surface area (Å²) in [5, 5.41) is 7.77. The van der Waals surface area contributed by atoms with Crippen LogP contribution in [-0.2, 0) is 4.79 Å². The van der Waals surface area contributed by atoms with Crippen molar-refractivity contribution in [1.82, 2.24) is 14.9 Å². The molecule has 2 N–H and O–H groups in total. The summed E-state index contributed by atoms with van der Waals surface area (Å²) >= 11 is 12.6. The van der Waals surface area contributed by atoms with Crippen molar-refractivity contribution in [1.29, 1.82) is 0 Å². The summed E-state index contributed by atoms with van der Waals surface area (Å²) in [6.07, 6.45) is 1.79. The van der Waals surface area contributed by atoms with Crippen LogP contribution >= 0.6 is 23.8 Å². The third-order valence-electron chi connectivity index (χ3n) is 7.37. The molecule has 2 aromatic carbocycles. The van der Waals surface area contributed by atoms with E-state index in [9.17, 15) is 4.79 Å². The number of benzene rings is 2. The van der Waals surface area contributed by atoms with Gasteiger partial charge in [0, 0.05) is 34.8 Å². The normalized spacial score (nSPS) is 17.0. The van der Waals surface area contributed by atoms with Gasteiger partial charge in [0.25, 0.3) is 0 Å². The summed E-state index contributed by atoms with van der Waals surface area (Å²) in [4.78, 5) is 19.5. The number of methoxy groups -OCH3 is 1. The highest BCUT2D eigenvalue weighted by Crippen LogP contribution is 2.45. The molecule has 1 amide bonds. The highest BCUT2D eigenvalue weighted by molar-refractivity contribution is 7.80. The van der Waals surface area contributed by atoms with Crippen molar-refractivity contribution < 1.29 is 9.53 Å². The Kier molecular flexibility index (Phi) is 7.81. The van der Waals surface area contributed by atoms with Crippen LogP contribution in [0.2, 0.25) is 5.02 Å². The minimum absolute atomic E-state index is 0.0954. The summed E-state index contributed by atoms with van der Waals surface area (Å²) in [5.41, 5.74) is 5.89. The zero-order valence-corrected chi connectivity index (χ0v) is 25.6. The molecule has 0 aliphatic carbocycles. The molecular formula is C32H34ClN5O2S. The second-order valence-electron chi connectivity index (χ2n) is 11.2. The molecule has 2 aromatic heterocycles. The maximum atomic E-state index is 12.7. The van der Waals surface area contributed by atoms with Crippen molar-refractivity contribution in [2.24, 2.45) is 5.41 Å². The zero-order chi connectivity index (χ0) is 29.5. The number of ether oxygens (including phenoxy) is 1. The van der Waals surface area contributed by atoms with Crippen LogP contribution in [0.4, 0.5) is 11.4 Å². The van der Waals surface area contributed by atoms with Gasteiger partial charge in [-0.05, 0) is 74.1 Å². The van der Waals surface area contributed by atoms with Crippen LogP contribution in [0, 0.1) is 19.3 Å². The first-order valence-electron chi connectivity index (χ1n) is 13.4. The molecular weight excluding hydrogens is 554 g/mol. The fraction of sp³-hybridized carbons (Fsp3) is 0.281. The Labute approximate surface area is 251 Å². The largest absolute Gasteiger partial charge is 0.494 e. The molecule has 41 heavy (non-hydrogen) atoms. The smallest absolute Gasteiger partial charge is 0.229 e. The topological polar surface area (TPSA) is 71.4 Å². The number of pyridine rings is 1. The second kappa shape index (κ2) is 11.2. The van der Waals surface area contributed by atoms with Gasteiger partial charge in [0.1, 0.15) is 5.75 Å². The number of nitrogens with one attached hydrogen (secondary N) is 2. The lowest BCUT2D eigenvalue weighted by Gasteiger charge is -2.29. The molecule has 1 fully saturated rings. The first kappa shape index (κ1) is 28.6. The van der Waals surface area contributed by atoms with Gasteiger partial charge in [0.2, 0.25) is 5.91 Å². The Morgan fingerprint density at radius 3 is 2.46 bits per heavy atom. The van der Waals surface area contributed by atoms with Crippen molar-refractivity contribution in [2.45, 2.75) is 46.7 Å². The summed E-state index contributed by atoms with van der Waals surface area (Å²) in [5.74, 6) is 0.450. The molecule has 1 aliphatic heterocycles. The first-order valence-corrected chi connectivity index (χ1v) is 14.2. The SMILES string of the molecule is COc1cc(N2C(=S)NC(c3ccccn3)C2c2cc(C)n(-c3ccccc3Cl)c2C)ccc1NC(=O)C(C)(C)C. The van der Waals surface area contributed by atoms with Gasteiger partial charge in [0.05, 0.1) is 41.3 Å². The molecule has 0 bridgehead atoms. The fourth-order valence-electron chi connectivity index (χ4n) is 5.28. The van der Waals surface area contributed by atoms with Crippen LogP contribution in [0.5, 0.6) is 5.75 Å². The molecule has 1 saturated heterocycles. The Balaban J connectivity index is 1.64. The number of para-hydroxylation sites is 1. The number of amides is 1. The minimum Gasteiger partial charge on any atom is -0.494 e. The predicted molar refractivity (Wildman–Crippen MR) is 169 cm³/mol. The zero-order valence-electron chi connectivity index (χ0n) is 24.0. The quantitative estimate of drug-likeness (QED) is 0.230. The predicted octanol–water partition coefficient (Wildman–Crippen LogP) is 7.31. The van der Waals surface area contributed by atoms with Crippen LogP contribution in [0.15, 0.2) is 72.9 Å². The van der Waals surface area contributed by atoms with E-state index in [-0.39, 0.29) is 18.0 Å². The van der Waals surface area contributed by atoms with E-state index in [1.165, 1.54) is 0 Å². The van der Waals surface area contributed by atoms with Crippen molar-refractivity contribution in [3.8, 4) is 11.4 Å². The van der Waals surface area contributed by atoms with Crippen LogP contribution in [-0.4, -0.2) is 27.7 Å². The molecule has 5 rings (SSSR count). The lowest BCUT2D eigenvalue weighted by molar-refractivity contribution is -0.123. The number of carbonyl (C=O) groups excluding carboxylic acids is 1. The van der Waals surface area contributed by atoms with E-state index in [2.05, 4.69) is 45.0 Å². The van der Waals surface area contributed by atoms with E-state index in [0.29, 0.717) is 21.6 Å². The number of thiocarbonyl (C=S) groups is 1. The van der Waals surface area contributed by atoms with Crippen molar-refractivity contribution >= 4 is 46.2 Å².